The Morgan fingerprint density at radius 1 is 1.21 bits per heavy atom. The fourth-order valence-electron chi connectivity index (χ4n) is 3.62. The van der Waals surface area contributed by atoms with Crippen LogP contribution in [0.15, 0.2) is 23.2 Å². The SMILES string of the molecule is CCNC(=NCC1CCCN(C(C)C)C1)Nc1ccc2c(c1)OCCCO2.I. The van der Waals surface area contributed by atoms with E-state index in [1.54, 1.807) is 0 Å². The molecule has 1 saturated heterocycles. The Labute approximate surface area is 186 Å². The molecule has 0 spiro atoms. The Kier molecular flexibility index (Phi) is 9.64. The van der Waals surface area contributed by atoms with Crippen molar-refractivity contribution >= 4 is 35.6 Å². The molecule has 0 aliphatic carbocycles. The van der Waals surface area contributed by atoms with Gasteiger partial charge in [-0.05, 0) is 58.2 Å². The predicted molar refractivity (Wildman–Crippen MR) is 126 cm³/mol. The zero-order valence-corrected chi connectivity index (χ0v) is 19.7. The van der Waals surface area contributed by atoms with Crippen LogP contribution in [-0.2, 0) is 0 Å². The molecule has 7 heteroatoms. The molecule has 3 rings (SSSR count). The molecule has 2 N–H and O–H groups in total. The first-order valence-electron chi connectivity index (χ1n) is 10.3. The lowest BCUT2D eigenvalue weighted by Crippen LogP contribution is -2.41. The lowest BCUT2D eigenvalue weighted by Gasteiger charge is -2.34. The second-order valence-electron chi connectivity index (χ2n) is 7.65. The van der Waals surface area contributed by atoms with E-state index in [-0.39, 0.29) is 24.0 Å². The number of anilines is 1. The van der Waals surface area contributed by atoms with E-state index in [0.717, 1.165) is 49.2 Å². The molecule has 158 valence electrons. The first-order chi connectivity index (χ1) is 13.2. The fraction of sp³-hybridized carbons (Fsp3) is 0.667. The number of fused-ring (bicyclic) bond motifs is 1. The molecule has 1 atom stereocenters. The number of likely N-dealkylation sites (tertiary alicyclic amines) is 1. The van der Waals surface area contributed by atoms with E-state index in [9.17, 15) is 0 Å². The normalized spacial score (nSPS) is 20.3. The minimum atomic E-state index is 0. The molecule has 6 nitrogen and oxygen atoms in total. The van der Waals surface area contributed by atoms with Crippen LogP contribution in [0.5, 0.6) is 11.5 Å². The summed E-state index contributed by atoms with van der Waals surface area (Å²) in [6.45, 7) is 12.1. The molecule has 0 saturated carbocycles. The first kappa shape index (κ1) is 23.1. The summed E-state index contributed by atoms with van der Waals surface area (Å²) < 4.78 is 11.5. The number of rotatable bonds is 5. The smallest absolute Gasteiger partial charge is 0.195 e. The van der Waals surface area contributed by atoms with Crippen molar-refractivity contribution < 1.29 is 9.47 Å². The van der Waals surface area contributed by atoms with Crippen LogP contribution in [0.4, 0.5) is 5.69 Å². The number of guanidine groups is 1. The van der Waals surface area contributed by atoms with Gasteiger partial charge in [0, 0.05) is 43.9 Å². The topological polar surface area (TPSA) is 58.1 Å². The van der Waals surface area contributed by atoms with E-state index >= 15 is 0 Å². The minimum Gasteiger partial charge on any atom is -0.490 e. The summed E-state index contributed by atoms with van der Waals surface area (Å²) in [6, 6.07) is 6.59. The second-order valence-corrected chi connectivity index (χ2v) is 7.65. The second kappa shape index (κ2) is 11.7. The van der Waals surface area contributed by atoms with Crippen molar-refractivity contribution in [3.8, 4) is 11.5 Å². The van der Waals surface area contributed by atoms with Crippen LogP contribution in [0.1, 0.15) is 40.0 Å². The average Bonchev–Trinajstić information content (AvgIpc) is 2.91. The van der Waals surface area contributed by atoms with Gasteiger partial charge in [0.05, 0.1) is 13.2 Å². The molecular weight excluding hydrogens is 467 g/mol. The highest BCUT2D eigenvalue weighted by atomic mass is 127. The number of hydrogen-bond acceptors (Lipinski definition) is 4. The molecular formula is C21H35IN4O2. The van der Waals surface area contributed by atoms with Crippen molar-refractivity contribution in [2.75, 3.05) is 44.7 Å². The van der Waals surface area contributed by atoms with Gasteiger partial charge >= 0.3 is 0 Å². The van der Waals surface area contributed by atoms with Gasteiger partial charge in [0.1, 0.15) is 0 Å². The van der Waals surface area contributed by atoms with Crippen LogP contribution < -0.4 is 20.1 Å². The monoisotopic (exact) mass is 502 g/mol. The zero-order chi connectivity index (χ0) is 19.1. The maximum absolute atomic E-state index is 5.79. The summed E-state index contributed by atoms with van der Waals surface area (Å²) in [7, 11) is 0. The van der Waals surface area contributed by atoms with Crippen LogP contribution in [0.25, 0.3) is 0 Å². The Morgan fingerprint density at radius 3 is 2.75 bits per heavy atom. The predicted octanol–water partition coefficient (Wildman–Crippen LogP) is 3.96. The highest BCUT2D eigenvalue weighted by Gasteiger charge is 2.21. The molecule has 2 aliphatic rings. The third-order valence-corrected chi connectivity index (χ3v) is 5.14. The van der Waals surface area contributed by atoms with E-state index < -0.39 is 0 Å². The number of nitrogens with zero attached hydrogens (tertiary/aromatic N) is 2. The summed E-state index contributed by atoms with van der Waals surface area (Å²) in [5.74, 6) is 3.07. The lowest BCUT2D eigenvalue weighted by atomic mass is 9.97. The number of ether oxygens (including phenoxy) is 2. The van der Waals surface area contributed by atoms with Crippen LogP contribution in [0.2, 0.25) is 0 Å². The molecule has 28 heavy (non-hydrogen) atoms. The zero-order valence-electron chi connectivity index (χ0n) is 17.4. The largest absolute Gasteiger partial charge is 0.490 e. The van der Waals surface area contributed by atoms with E-state index in [0.29, 0.717) is 25.2 Å². The maximum atomic E-state index is 5.79. The van der Waals surface area contributed by atoms with Gasteiger partial charge in [-0.15, -0.1) is 24.0 Å². The van der Waals surface area contributed by atoms with Crippen molar-refractivity contribution in [2.45, 2.75) is 46.1 Å². The van der Waals surface area contributed by atoms with Crippen molar-refractivity contribution in [3.05, 3.63) is 18.2 Å². The number of benzene rings is 1. The quantitative estimate of drug-likeness (QED) is 0.363. The standard InChI is InChI=1S/C21H34N4O2.HI/c1-4-22-21(23-14-17-7-5-10-25(15-17)16(2)3)24-18-8-9-19-20(13-18)27-12-6-11-26-19;/h8-9,13,16-17H,4-7,10-12,14-15H2,1-3H3,(H2,22,23,24);1H. The van der Waals surface area contributed by atoms with Crippen molar-refractivity contribution in [1.82, 2.24) is 10.2 Å². The fourth-order valence-corrected chi connectivity index (χ4v) is 3.62. The Hall–Kier alpha value is -1.22. The van der Waals surface area contributed by atoms with Gasteiger partial charge in [0.2, 0.25) is 0 Å². The van der Waals surface area contributed by atoms with Gasteiger partial charge in [0.25, 0.3) is 0 Å². The molecule has 0 bridgehead atoms. The highest BCUT2D eigenvalue weighted by Crippen LogP contribution is 2.32. The summed E-state index contributed by atoms with van der Waals surface area (Å²) >= 11 is 0. The van der Waals surface area contributed by atoms with E-state index in [1.165, 1.54) is 19.4 Å². The molecule has 2 heterocycles. The van der Waals surface area contributed by atoms with Crippen LogP contribution in [0.3, 0.4) is 0 Å². The van der Waals surface area contributed by atoms with E-state index in [2.05, 4.69) is 36.3 Å². The van der Waals surface area contributed by atoms with Crippen LogP contribution in [0, 0.1) is 5.92 Å². The number of hydrogen-bond donors (Lipinski definition) is 2. The van der Waals surface area contributed by atoms with Gasteiger partial charge < -0.3 is 25.0 Å². The van der Waals surface area contributed by atoms with Crippen LogP contribution >= 0.6 is 24.0 Å². The van der Waals surface area contributed by atoms with E-state index in [1.807, 2.05) is 18.2 Å². The molecule has 0 radical (unpaired) electrons. The van der Waals surface area contributed by atoms with Gasteiger partial charge in [-0.1, -0.05) is 0 Å². The molecule has 0 amide bonds. The van der Waals surface area contributed by atoms with Crippen molar-refractivity contribution in [3.63, 3.8) is 0 Å². The number of aliphatic imine (C=N–C) groups is 1. The molecule has 0 aromatic heterocycles. The Balaban J connectivity index is 0.00000280. The number of nitrogens with one attached hydrogen (secondary N) is 2. The summed E-state index contributed by atoms with van der Waals surface area (Å²) in [4.78, 5) is 7.42. The molecule has 1 aromatic rings. The highest BCUT2D eigenvalue weighted by molar-refractivity contribution is 14.0. The first-order valence-corrected chi connectivity index (χ1v) is 10.3. The van der Waals surface area contributed by atoms with Crippen LogP contribution in [-0.4, -0.2) is 56.3 Å². The van der Waals surface area contributed by atoms with Gasteiger partial charge in [0.15, 0.2) is 17.5 Å². The molecule has 1 unspecified atom stereocenters. The summed E-state index contributed by atoms with van der Waals surface area (Å²) in [6.07, 6.45) is 3.44. The molecule has 2 aliphatic heterocycles. The van der Waals surface area contributed by atoms with Crippen molar-refractivity contribution in [2.24, 2.45) is 10.9 Å². The van der Waals surface area contributed by atoms with Gasteiger partial charge in [-0.3, -0.25) is 4.99 Å². The Bertz CT molecular complexity index is 639. The average molecular weight is 502 g/mol. The number of halogens is 1. The lowest BCUT2D eigenvalue weighted by molar-refractivity contribution is 0.143. The number of piperidine rings is 1. The molecule has 1 aromatic carbocycles. The minimum absolute atomic E-state index is 0. The van der Waals surface area contributed by atoms with E-state index in [4.69, 9.17) is 14.5 Å². The molecule has 1 fully saturated rings. The van der Waals surface area contributed by atoms with Gasteiger partial charge in [-0.25, -0.2) is 0 Å². The van der Waals surface area contributed by atoms with Gasteiger partial charge in [-0.2, -0.15) is 0 Å². The Morgan fingerprint density at radius 2 is 2.00 bits per heavy atom. The summed E-state index contributed by atoms with van der Waals surface area (Å²) in [5.41, 5.74) is 0.964. The van der Waals surface area contributed by atoms with Crippen molar-refractivity contribution in [1.29, 1.82) is 0 Å². The summed E-state index contributed by atoms with van der Waals surface area (Å²) in [5, 5.41) is 6.76. The third kappa shape index (κ3) is 6.69. The maximum Gasteiger partial charge on any atom is 0.195 e. The third-order valence-electron chi connectivity index (χ3n) is 5.14.